The molecule has 0 unspecified atom stereocenters. The number of nitriles is 1. The van der Waals surface area contributed by atoms with E-state index >= 15 is 0 Å². The number of hydrogen-bond acceptors (Lipinski definition) is 4. The summed E-state index contributed by atoms with van der Waals surface area (Å²) < 4.78 is 5.28. The fraction of sp³-hybridized carbons (Fsp3) is 0.533. The molecule has 0 radical (unpaired) electrons. The second-order valence-corrected chi connectivity index (χ2v) is 5.83. The van der Waals surface area contributed by atoms with Gasteiger partial charge in [0.15, 0.2) is 0 Å². The van der Waals surface area contributed by atoms with Crippen molar-refractivity contribution in [1.29, 1.82) is 5.26 Å². The Morgan fingerprint density at radius 1 is 1.45 bits per heavy atom. The lowest BCUT2D eigenvalue weighted by atomic mass is 9.94. The van der Waals surface area contributed by atoms with Gasteiger partial charge in [-0.05, 0) is 24.7 Å². The first-order chi connectivity index (χ1) is 9.52. The standard InChI is InChI=1S/C15H19ClN2O2/c1-18(11-15(19)4-6-20-7-5-15)10-13-3-2-12(9-17)8-14(13)16/h2-3,8,19H,4-7,10-11H2,1H3. The number of likely N-dealkylation sites (N-methyl/N-ethyl adjacent to an activating group) is 1. The van der Waals surface area contributed by atoms with E-state index in [9.17, 15) is 5.11 Å². The van der Waals surface area contributed by atoms with Gasteiger partial charge in [-0.25, -0.2) is 0 Å². The molecule has 0 aromatic heterocycles. The minimum Gasteiger partial charge on any atom is -0.388 e. The average Bonchev–Trinajstić information content (AvgIpc) is 2.41. The van der Waals surface area contributed by atoms with Crippen molar-refractivity contribution >= 4 is 11.6 Å². The van der Waals surface area contributed by atoms with Crippen LogP contribution in [0.1, 0.15) is 24.0 Å². The second-order valence-electron chi connectivity index (χ2n) is 5.43. The SMILES string of the molecule is CN(Cc1ccc(C#N)cc1Cl)CC1(O)CCOCC1. The largest absolute Gasteiger partial charge is 0.388 e. The minimum atomic E-state index is -0.675. The van der Waals surface area contributed by atoms with Crippen LogP contribution in [0.2, 0.25) is 5.02 Å². The van der Waals surface area contributed by atoms with E-state index in [-0.39, 0.29) is 0 Å². The number of benzene rings is 1. The molecule has 1 fully saturated rings. The molecule has 20 heavy (non-hydrogen) atoms. The van der Waals surface area contributed by atoms with Gasteiger partial charge in [0, 0.05) is 44.2 Å². The summed E-state index contributed by atoms with van der Waals surface area (Å²) in [6.07, 6.45) is 1.33. The summed E-state index contributed by atoms with van der Waals surface area (Å²) in [5.74, 6) is 0. The Labute approximate surface area is 124 Å². The van der Waals surface area contributed by atoms with E-state index in [1.165, 1.54) is 0 Å². The normalized spacial score (nSPS) is 17.9. The van der Waals surface area contributed by atoms with E-state index in [1.54, 1.807) is 12.1 Å². The first kappa shape index (κ1) is 15.3. The maximum atomic E-state index is 10.5. The third-order valence-electron chi connectivity index (χ3n) is 3.61. The molecule has 1 aliphatic rings. The van der Waals surface area contributed by atoms with Crippen LogP contribution in [-0.2, 0) is 11.3 Å². The van der Waals surface area contributed by atoms with Crippen molar-refractivity contribution in [1.82, 2.24) is 4.90 Å². The predicted molar refractivity (Wildman–Crippen MR) is 77.5 cm³/mol. The fourth-order valence-electron chi connectivity index (χ4n) is 2.50. The summed E-state index contributed by atoms with van der Waals surface area (Å²) in [7, 11) is 1.96. The third kappa shape index (κ3) is 3.94. The lowest BCUT2D eigenvalue weighted by Gasteiger charge is -2.35. The Morgan fingerprint density at radius 2 is 2.15 bits per heavy atom. The molecule has 1 aliphatic heterocycles. The molecule has 1 saturated heterocycles. The molecule has 4 nitrogen and oxygen atoms in total. The van der Waals surface area contributed by atoms with Gasteiger partial charge < -0.3 is 9.84 Å². The summed E-state index contributed by atoms with van der Waals surface area (Å²) >= 11 is 6.17. The Balaban J connectivity index is 1.97. The first-order valence-corrected chi connectivity index (χ1v) is 7.07. The zero-order valence-electron chi connectivity index (χ0n) is 11.6. The molecule has 0 atom stereocenters. The molecule has 0 aliphatic carbocycles. The first-order valence-electron chi connectivity index (χ1n) is 6.70. The highest BCUT2D eigenvalue weighted by atomic mass is 35.5. The highest BCUT2D eigenvalue weighted by Crippen LogP contribution is 2.24. The van der Waals surface area contributed by atoms with Crippen molar-refractivity contribution < 1.29 is 9.84 Å². The van der Waals surface area contributed by atoms with Gasteiger partial charge in [0.1, 0.15) is 0 Å². The maximum absolute atomic E-state index is 10.5. The van der Waals surface area contributed by atoms with E-state index in [0.29, 0.717) is 49.7 Å². The van der Waals surface area contributed by atoms with Crippen LogP contribution in [0.4, 0.5) is 0 Å². The number of halogens is 1. The summed E-state index contributed by atoms with van der Waals surface area (Å²) in [6.45, 7) is 2.46. The van der Waals surface area contributed by atoms with Crippen molar-refractivity contribution in [2.45, 2.75) is 25.0 Å². The van der Waals surface area contributed by atoms with Gasteiger partial charge in [-0.1, -0.05) is 17.7 Å². The number of aliphatic hydroxyl groups is 1. The molecule has 0 saturated carbocycles. The van der Waals surface area contributed by atoms with Crippen LogP contribution in [0.15, 0.2) is 18.2 Å². The molecule has 0 spiro atoms. The topological polar surface area (TPSA) is 56.5 Å². The molecular formula is C15H19ClN2O2. The molecule has 2 rings (SSSR count). The molecule has 1 N–H and O–H groups in total. The summed E-state index contributed by atoms with van der Waals surface area (Å²) in [5.41, 5.74) is 0.847. The predicted octanol–water partition coefficient (Wildman–Crippen LogP) is 2.18. The Morgan fingerprint density at radius 3 is 2.75 bits per heavy atom. The van der Waals surface area contributed by atoms with Gasteiger partial charge in [-0.3, -0.25) is 4.90 Å². The Hall–Kier alpha value is -1.12. The molecule has 5 heteroatoms. The lowest BCUT2D eigenvalue weighted by Crippen LogP contribution is -2.45. The van der Waals surface area contributed by atoms with Crippen molar-refractivity contribution in [2.75, 3.05) is 26.8 Å². The minimum absolute atomic E-state index is 0.560. The molecular weight excluding hydrogens is 276 g/mol. The number of nitrogens with zero attached hydrogens (tertiary/aromatic N) is 2. The molecule has 1 heterocycles. The van der Waals surface area contributed by atoms with E-state index < -0.39 is 5.60 Å². The van der Waals surface area contributed by atoms with Crippen molar-refractivity contribution in [3.8, 4) is 6.07 Å². The molecule has 1 aromatic carbocycles. The molecule has 108 valence electrons. The van der Waals surface area contributed by atoms with Crippen LogP contribution >= 0.6 is 11.6 Å². The van der Waals surface area contributed by atoms with Crippen LogP contribution in [-0.4, -0.2) is 42.4 Å². The highest BCUT2D eigenvalue weighted by Gasteiger charge is 2.31. The van der Waals surface area contributed by atoms with Gasteiger partial charge >= 0.3 is 0 Å². The molecule has 0 bridgehead atoms. The lowest BCUT2D eigenvalue weighted by molar-refractivity contribution is -0.0777. The Bertz CT molecular complexity index is 507. The van der Waals surface area contributed by atoms with Crippen molar-refractivity contribution in [2.24, 2.45) is 0 Å². The average molecular weight is 295 g/mol. The summed E-state index contributed by atoms with van der Waals surface area (Å²) in [5, 5.41) is 19.9. The van der Waals surface area contributed by atoms with Crippen molar-refractivity contribution in [3.63, 3.8) is 0 Å². The number of hydrogen-bond donors (Lipinski definition) is 1. The van der Waals surface area contributed by atoms with Crippen molar-refractivity contribution in [3.05, 3.63) is 34.3 Å². The summed E-state index contributed by atoms with van der Waals surface area (Å²) in [4.78, 5) is 2.05. The third-order valence-corrected chi connectivity index (χ3v) is 3.96. The van der Waals surface area contributed by atoms with Gasteiger partial charge in [0.2, 0.25) is 0 Å². The van der Waals surface area contributed by atoms with Gasteiger partial charge in [0.25, 0.3) is 0 Å². The highest BCUT2D eigenvalue weighted by molar-refractivity contribution is 6.31. The van der Waals surface area contributed by atoms with Gasteiger partial charge in [-0.2, -0.15) is 5.26 Å². The van der Waals surface area contributed by atoms with Crippen LogP contribution in [0, 0.1) is 11.3 Å². The number of ether oxygens (including phenoxy) is 1. The van der Waals surface area contributed by atoms with Crippen LogP contribution in [0.25, 0.3) is 0 Å². The van der Waals surface area contributed by atoms with Gasteiger partial charge in [-0.15, -0.1) is 0 Å². The van der Waals surface area contributed by atoms with Crippen LogP contribution < -0.4 is 0 Å². The van der Waals surface area contributed by atoms with Crippen LogP contribution in [0.5, 0.6) is 0 Å². The zero-order chi connectivity index (χ0) is 14.6. The summed E-state index contributed by atoms with van der Waals surface area (Å²) in [6, 6.07) is 7.37. The zero-order valence-corrected chi connectivity index (χ0v) is 12.4. The molecule has 1 aromatic rings. The molecule has 0 amide bonds. The smallest absolute Gasteiger partial charge is 0.0992 e. The van der Waals surface area contributed by atoms with E-state index in [0.717, 1.165) is 5.56 Å². The van der Waals surface area contributed by atoms with Gasteiger partial charge in [0.05, 0.1) is 17.2 Å². The number of rotatable bonds is 4. The quantitative estimate of drug-likeness (QED) is 0.925. The monoisotopic (exact) mass is 294 g/mol. The van der Waals surface area contributed by atoms with E-state index in [2.05, 4.69) is 11.0 Å². The van der Waals surface area contributed by atoms with E-state index in [4.69, 9.17) is 21.6 Å². The maximum Gasteiger partial charge on any atom is 0.0992 e. The second kappa shape index (κ2) is 6.55. The van der Waals surface area contributed by atoms with E-state index in [1.807, 2.05) is 13.1 Å². The fourth-order valence-corrected chi connectivity index (χ4v) is 2.74. The van der Waals surface area contributed by atoms with Crippen LogP contribution in [0.3, 0.4) is 0 Å². The Kier molecular flexibility index (Phi) is 5.00.